The third kappa shape index (κ3) is 2.65. The maximum Gasteiger partial charge on any atom is 0.253 e. The molecule has 0 aliphatic carbocycles. The highest BCUT2D eigenvalue weighted by atomic mass is 32.1. The van der Waals surface area contributed by atoms with Crippen molar-refractivity contribution < 1.29 is 4.79 Å². The van der Waals surface area contributed by atoms with Crippen LogP contribution in [0.15, 0.2) is 35.7 Å². The first-order chi connectivity index (χ1) is 8.18. The molecule has 1 heterocycles. The molecule has 2 rings (SSSR count). The van der Waals surface area contributed by atoms with Gasteiger partial charge in [0.2, 0.25) is 0 Å². The zero-order valence-corrected chi connectivity index (χ0v) is 10.4. The Hall–Kier alpha value is -1.81. The molecule has 1 aromatic carbocycles. The van der Waals surface area contributed by atoms with E-state index in [1.165, 1.54) is 0 Å². The van der Waals surface area contributed by atoms with Crippen LogP contribution < -0.4 is 11.1 Å². The molecule has 0 radical (unpaired) electrons. The van der Waals surface area contributed by atoms with Crippen LogP contribution in [0.3, 0.4) is 0 Å². The van der Waals surface area contributed by atoms with Crippen molar-refractivity contribution in [1.82, 2.24) is 5.32 Å². The maximum absolute atomic E-state index is 11.9. The van der Waals surface area contributed by atoms with E-state index in [9.17, 15) is 4.79 Å². The molecule has 0 aliphatic heterocycles. The van der Waals surface area contributed by atoms with Crippen molar-refractivity contribution in [2.75, 3.05) is 5.73 Å². The van der Waals surface area contributed by atoms with Crippen molar-refractivity contribution in [3.8, 4) is 0 Å². The van der Waals surface area contributed by atoms with E-state index in [0.29, 0.717) is 17.8 Å². The van der Waals surface area contributed by atoms with E-state index in [2.05, 4.69) is 5.32 Å². The van der Waals surface area contributed by atoms with Crippen molar-refractivity contribution >= 4 is 22.9 Å². The van der Waals surface area contributed by atoms with Gasteiger partial charge in [0.05, 0.1) is 12.1 Å². The Morgan fingerprint density at radius 1 is 1.35 bits per heavy atom. The molecule has 0 fully saturated rings. The van der Waals surface area contributed by atoms with Crippen LogP contribution in [0, 0.1) is 6.92 Å². The molecule has 3 nitrogen and oxygen atoms in total. The molecule has 88 valence electrons. The predicted molar refractivity (Wildman–Crippen MR) is 71.1 cm³/mol. The van der Waals surface area contributed by atoms with Crippen LogP contribution in [-0.4, -0.2) is 5.91 Å². The number of nitrogens with two attached hydrogens (primary N) is 1. The number of thiophene rings is 1. The van der Waals surface area contributed by atoms with Gasteiger partial charge in [-0.05, 0) is 30.0 Å². The molecule has 1 aromatic heterocycles. The van der Waals surface area contributed by atoms with Crippen molar-refractivity contribution in [2.24, 2.45) is 0 Å². The number of aryl methyl sites for hydroxylation is 1. The molecule has 0 saturated carbocycles. The topological polar surface area (TPSA) is 55.1 Å². The Morgan fingerprint density at radius 3 is 2.88 bits per heavy atom. The SMILES string of the molecule is Cc1cccc(C(=O)NCc2cccs2)c1N. The monoisotopic (exact) mass is 246 g/mol. The third-order valence-corrected chi connectivity index (χ3v) is 3.45. The second kappa shape index (κ2) is 5.01. The van der Waals surface area contributed by atoms with E-state index in [-0.39, 0.29) is 5.91 Å². The summed E-state index contributed by atoms with van der Waals surface area (Å²) in [6.45, 7) is 2.44. The summed E-state index contributed by atoms with van der Waals surface area (Å²) in [5.74, 6) is -0.125. The minimum absolute atomic E-state index is 0.125. The van der Waals surface area contributed by atoms with Crippen molar-refractivity contribution in [1.29, 1.82) is 0 Å². The van der Waals surface area contributed by atoms with Gasteiger partial charge in [-0.2, -0.15) is 0 Å². The van der Waals surface area contributed by atoms with Crippen LogP contribution in [0.2, 0.25) is 0 Å². The summed E-state index contributed by atoms with van der Waals surface area (Å²) in [4.78, 5) is 13.1. The summed E-state index contributed by atoms with van der Waals surface area (Å²) in [6, 6.07) is 9.43. The molecule has 4 heteroatoms. The van der Waals surface area contributed by atoms with E-state index in [0.717, 1.165) is 10.4 Å². The van der Waals surface area contributed by atoms with Gasteiger partial charge in [0.1, 0.15) is 0 Å². The average molecular weight is 246 g/mol. The molecule has 17 heavy (non-hydrogen) atoms. The van der Waals surface area contributed by atoms with Gasteiger partial charge in [-0.1, -0.05) is 18.2 Å². The molecular formula is C13H14N2OS. The third-order valence-electron chi connectivity index (χ3n) is 2.57. The van der Waals surface area contributed by atoms with E-state index in [4.69, 9.17) is 5.73 Å². The molecule has 0 bridgehead atoms. The zero-order valence-electron chi connectivity index (χ0n) is 9.57. The predicted octanol–water partition coefficient (Wildman–Crippen LogP) is 2.57. The average Bonchev–Trinajstić information content (AvgIpc) is 2.82. The minimum Gasteiger partial charge on any atom is -0.398 e. The van der Waals surface area contributed by atoms with Gasteiger partial charge < -0.3 is 11.1 Å². The van der Waals surface area contributed by atoms with Gasteiger partial charge in [-0.3, -0.25) is 4.79 Å². The van der Waals surface area contributed by atoms with Crippen molar-refractivity contribution in [3.05, 3.63) is 51.7 Å². The molecule has 0 spiro atoms. The van der Waals surface area contributed by atoms with Gasteiger partial charge in [0.25, 0.3) is 5.91 Å². The summed E-state index contributed by atoms with van der Waals surface area (Å²) in [5, 5.41) is 4.85. The van der Waals surface area contributed by atoms with Crippen LogP contribution in [0.4, 0.5) is 5.69 Å². The highest BCUT2D eigenvalue weighted by molar-refractivity contribution is 7.09. The van der Waals surface area contributed by atoms with E-state index >= 15 is 0 Å². The summed E-state index contributed by atoms with van der Waals surface area (Å²) in [6.07, 6.45) is 0. The lowest BCUT2D eigenvalue weighted by Gasteiger charge is -2.08. The molecule has 3 N–H and O–H groups in total. The first kappa shape index (κ1) is 11.7. The van der Waals surface area contributed by atoms with E-state index < -0.39 is 0 Å². The fraction of sp³-hybridized carbons (Fsp3) is 0.154. The first-order valence-electron chi connectivity index (χ1n) is 5.34. The Balaban J connectivity index is 2.07. The van der Waals surface area contributed by atoms with Gasteiger partial charge in [0.15, 0.2) is 0 Å². The molecule has 2 aromatic rings. The van der Waals surface area contributed by atoms with E-state index in [1.807, 2.05) is 36.6 Å². The van der Waals surface area contributed by atoms with Gasteiger partial charge in [0, 0.05) is 10.6 Å². The number of benzene rings is 1. The number of nitrogen functional groups attached to an aromatic ring is 1. The van der Waals surface area contributed by atoms with Crippen LogP contribution in [-0.2, 0) is 6.54 Å². The number of nitrogens with one attached hydrogen (secondary N) is 1. The highest BCUT2D eigenvalue weighted by Crippen LogP contribution is 2.16. The number of hydrogen-bond acceptors (Lipinski definition) is 3. The zero-order chi connectivity index (χ0) is 12.3. The van der Waals surface area contributed by atoms with Crippen LogP contribution in [0.5, 0.6) is 0 Å². The van der Waals surface area contributed by atoms with Crippen molar-refractivity contribution in [2.45, 2.75) is 13.5 Å². The summed E-state index contributed by atoms with van der Waals surface area (Å²) >= 11 is 1.62. The summed E-state index contributed by atoms with van der Waals surface area (Å²) in [7, 11) is 0. The number of carbonyl (C=O) groups excluding carboxylic acids is 1. The van der Waals surface area contributed by atoms with Crippen LogP contribution in [0.1, 0.15) is 20.8 Å². The number of rotatable bonds is 3. The summed E-state index contributed by atoms with van der Waals surface area (Å²) in [5.41, 5.74) is 7.89. The minimum atomic E-state index is -0.125. The number of carbonyl (C=O) groups is 1. The maximum atomic E-state index is 11.9. The van der Waals surface area contributed by atoms with E-state index in [1.54, 1.807) is 17.4 Å². The lowest BCUT2D eigenvalue weighted by molar-refractivity contribution is 0.0952. The second-order valence-electron chi connectivity index (χ2n) is 3.80. The Kier molecular flexibility index (Phi) is 3.44. The lowest BCUT2D eigenvalue weighted by atomic mass is 10.1. The standard InChI is InChI=1S/C13H14N2OS/c1-9-4-2-6-11(12(9)14)13(16)15-8-10-5-3-7-17-10/h2-7H,8,14H2,1H3,(H,15,16). The van der Waals surface area contributed by atoms with Crippen LogP contribution in [0.25, 0.3) is 0 Å². The Morgan fingerprint density at radius 2 is 2.18 bits per heavy atom. The molecule has 0 aliphatic rings. The van der Waals surface area contributed by atoms with Crippen LogP contribution >= 0.6 is 11.3 Å². The Labute approximate surface area is 104 Å². The smallest absolute Gasteiger partial charge is 0.253 e. The summed E-state index contributed by atoms with van der Waals surface area (Å²) < 4.78 is 0. The fourth-order valence-electron chi connectivity index (χ4n) is 1.55. The number of para-hydroxylation sites is 1. The number of anilines is 1. The molecule has 1 amide bonds. The lowest BCUT2D eigenvalue weighted by Crippen LogP contribution is -2.23. The Bertz CT molecular complexity index is 520. The van der Waals surface area contributed by atoms with Crippen molar-refractivity contribution in [3.63, 3.8) is 0 Å². The number of hydrogen-bond donors (Lipinski definition) is 2. The molecule has 0 saturated heterocycles. The normalized spacial score (nSPS) is 10.2. The molecular weight excluding hydrogens is 232 g/mol. The van der Waals surface area contributed by atoms with Gasteiger partial charge >= 0.3 is 0 Å². The van der Waals surface area contributed by atoms with Gasteiger partial charge in [-0.15, -0.1) is 11.3 Å². The molecule has 0 unspecified atom stereocenters. The fourth-order valence-corrected chi connectivity index (χ4v) is 2.20. The quantitative estimate of drug-likeness (QED) is 0.818. The molecule has 0 atom stereocenters. The van der Waals surface area contributed by atoms with Gasteiger partial charge in [-0.25, -0.2) is 0 Å². The largest absolute Gasteiger partial charge is 0.398 e. The highest BCUT2D eigenvalue weighted by Gasteiger charge is 2.10. The second-order valence-corrected chi connectivity index (χ2v) is 4.83. The first-order valence-corrected chi connectivity index (χ1v) is 6.22. The number of amides is 1.